The molecule has 0 saturated heterocycles. The van der Waals surface area contributed by atoms with Crippen LogP contribution in [0.3, 0.4) is 0 Å². The fraction of sp³-hybridized carbons (Fsp3) is 0.600. The third-order valence-electron chi connectivity index (χ3n) is 3.53. The molecule has 0 radical (unpaired) electrons. The van der Waals surface area contributed by atoms with Crippen molar-refractivity contribution < 1.29 is 13.2 Å². The van der Waals surface area contributed by atoms with Crippen molar-refractivity contribution in [1.29, 1.82) is 0 Å². The second-order valence-corrected chi connectivity index (χ2v) is 5.30. The topological polar surface area (TPSA) is 15.3 Å². The van der Waals surface area contributed by atoms with Gasteiger partial charge in [0.1, 0.15) is 0 Å². The molecule has 1 aliphatic rings. The zero-order valence-corrected chi connectivity index (χ0v) is 11.8. The zero-order chi connectivity index (χ0) is 14.6. The molecule has 0 spiro atoms. The van der Waals surface area contributed by atoms with Gasteiger partial charge in [0, 0.05) is 18.8 Å². The molecule has 0 aliphatic carbocycles. The number of nitrogens with one attached hydrogen (secondary N) is 1. The summed E-state index contributed by atoms with van der Waals surface area (Å²) in [5.74, 6) is 0. The van der Waals surface area contributed by atoms with E-state index < -0.39 is 12.7 Å². The minimum Gasteiger partial charge on any atom is -0.385 e. The van der Waals surface area contributed by atoms with Gasteiger partial charge in [-0.3, -0.25) is 4.90 Å². The number of nitrogens with zero attached hydrogens (tertiary/aromatic N) is 1. The maximum Gasteiger partial charge on any atom is 0.401 e. The number of alkyl halides is 3. The van der Waals surface area contributed by atoms with Crippen molar-refractivity contribution >= 4 is 5.69 Å². The third-order valence-corrected chi connectivity index (χ3v) is 3.53. The zero-order valence-electron chi connectivity index (χ0n) is 11.8. The highest BCUT2D eigenvalue weighted by Gasteiger charge is 2.30. The first-order chi connectivity index (χ1) is 9.49. The Balaban J connectivity index is 2.14. The van der Waals surface area contributed by atoms with E-state index in [9.17, 15) is 13.2 Å². The fourth-order valence-corrected chi connectivity index (χ4v) is 2.76. The number of hydrogen-bond acceptors (Lipinski definition) is 2. The van der Waals surface area contributed by atoms with Crippen molar-refractivity contribution in [2.75, 3.05) is 25.0 Å². The Morgan fingerprint density at radius 3 is 2.80 bits per heavy atom. The highest BCUT2D eigenvalue weighted by Crippen LogP contribution is 2.27. The molecule has 20 heavy (non-hydrogen) atoms. The first-order valence-electron chi connectivity index (χ1n) is 7.13. The maximum absolute atomic E-state index is 12.6. The van der Waals surface area contributed by atoms with Gasteiger partial charge >= 0.3 is 6.18 Å². The standard InChI is InChI=1S/C15H21F3N2/c1-2-9-20(11-15(16,17)18)10-12-5-3-7-14-13(12)6-4-8-19-14/h3,5,7,19H,2,4,6,8-11H2,1H3. The van der Waals surface area contributed by atoms with Gasteiger partial charge in [0.05, 0.1) is 6.54 Å². The molecule has 0 bridgehead atoms. The molecule has 2 rings (SSSR count). The molecule has 1 N–H and O–H groups in total. The van der Waals surface area contributed by atoms with Gasteiger partial charge in [0.25, 0.3) is 0 Å². The fourth-order valence-electron chi connectivity index (χ4n) is 2.76. The van der Waals surface area contributed by atoms with Crippen LogP contribution in [-0.2, 0) is 13.0 Å². The molecule has 0 atom stereocenters. The van der Waals surface area contributed by atoms with E-state index in [0.29, 0.717) is 13.1 Å². The Hall–Kier alpha value is -1.23. The Morgan fingerprint density at radius 2 is 2.10 bits per heavy atom. The highest BCUT2D eigenvalue weighted by atomic mass is 19.4. The molecule has 5 heteroatoms. The van der Waals surface area contributed by atoms with Crippen LogP contribution in [-0.4, -0.2) is 30.7 Å². The maximum atomic E-state index is 12.6. The molecule has 0 saturated carbocycles. The van der Waals surface area contributed by atoms with Crippen molar-refractivity contribution in [3.8, 4) is 0 Å². The lowest BCUT2D eigenvalue weighted by Crippen LogP contribution is -2.34. The summed E-state index contributed by atoms with van der Waals surface area (Å²) in [5, 5.41) is 3.32. The smallest absolute Gasteiger partial charge is 0.385 e. The van der Waals surface area contributed by atoms with Gasteiger partial charge < -0.3 is 5.32 Å². The van der Waals surface area contributed by atoms with Crippen LogP contribution < -0.4 is 5.32 Å². The van der Waals surface area contributed by atoms with Gasteiger partial charge in [-0.1, -0.05) is 19.1 Å². The van der Waals surface area contributed by atoms with E-state index in [1.54, 1.807) is 0 Å². The van der Waals surface area contributed by atoms with E-state index in [4.69, 9.17) is 0 Å². The van der Waals surface area contributed by atoms with Crippen molar-refractivity contribution in [1.82, 2.24) is 4.90 Å². The van der Waals surface area contributed by atoms with Gasteiger partial charge in [0.2, 0.25) is 0 Å². The molecule has 0 fully saturated rings. The lowest BCUT2D eigenvalue weighted by Gasteiger charge is -2.26. The monoisotopic (exact) mass is 286 g/mol. The number of fused-ring (bicyclic) bond motifs is 1. The summed E-state index contributed by atoms with van der Waals surface area (Å²) in [7, 11) is 0. The van der Waals surface area contributed by atoms with Crippen LogP contribution in [0.4, 0.5) is 18.9 Å². The summed E-state index contributed by atoms with van der Waals surface area (Å²) < 4.78 is 37.9. The first kappa shape index (κ1) is 15.2. The SMILES string of the molecule is CCCN(Cc1cccc2c1CCCN2)CC(F)(F)F. The van der Waals surface area contributed by atoms with E-state index in [1.165, 1.54) is 10.5 Å². The predicted octanol–water partition coefficient (Wildman–Crippen LogP) is 3.82. The number of benzene rings is 1. The lowest BCUT2D eigenvalue weighted by molar-refractivity contribution is -0.147. The van der Waals surface area contributed by atoms with Crippen LogP contribution in [0.5, 0.6) is 0 Å². The molecule has 1 aromatic carbocycles. The normalized spacial score (nSPS) is 15.1. The molecule has 0 aromatic heterocycles. The van der Waals surface area contributed by atoms with Crippen molar-refractivity contribution in [2.24, 2.45) is 0 Å². The molecular weight excluding hydrogens is 265 g/mol. The molecular formula is C15H21F3N2. The van der Waals surface area contributed by atoms with Gasteiger partial charge in [-0.25, -0.2) is 0 Å². The second kappa shape index (κ2) is 6.48. The Kier molecular flexibility index (Phi) is 4.91. The summed E-state index contributed by atoms with van der Waals surface area (Å²) >= 11 is 0. The van der Waals surface area contributed by atoms with Crippen molar-refractivity contribution in [2.45, 2.75) is 38.9 Å². The number of anilines is 1. The van der Waals surface area contributed by atoms with Crippen molar-refractivity contribution in [3.05, 3.63) is 29.3 Å². The summed E-state index contributed by atoms with van der Waals surface area (Å²) in [4.78, 5) is 1.49. The average Bonchev–Trinajstić information content (AvgIpc) is 2.37. The van der Waals surface area contributed by atoms with Crippen LogP contribution in [0.25, 0.3) is 0 Å². The van der Waals surface area contributed by atoms with E-state index in [0.717, 1.165) is 37.1 Å². The van der Waals surface area contributed by atoms with Gasteiger partial charge in [-0.2, -0.15) is 13.2 Å². The Morgan fingerprint density at radius 1 is 1.30 bits per heavy atom. The molecule has 1 aliphatic heterocycles. The summed E-state index contributed by atoms with van der Waals surface area (Å²) in [6.45, 7) is 2.86. The largest absolute Gasteiger partial charge is 0.401 e. The molecule has 0 amide bonds. The average molecular weight is 286 g/mol. The van der Waals surface area contributed by atoms with E-state index >= 15 is 0 Å². The summed E-state index contributed by atoms with van der Waals surface area (Å²) in [5.41, 5.74) is 3.28. The Labute approximate surface area is 118 Å². The molecule has 0 unspecified atom stereocenters. The minimum atomic E-state index is -4.14. The van der Waals surface area contributed by atoms with E-state index in [2.05, 4.69) is 5.32 Å². The van der Waals surface area contributed by atoms with Crippen LogP contribution in [0.1, 0.15) is 30.9 Å². The number of hydrogen-bond donors (Lipinski definition) is 1. The van der Waals surface area contributed by atoms with E-state index in [1.807, 2.05) is 25.1 Å². The highest BCUT2D eigenvalue weighted by molar-refractivity contribution is 5.56. The van der Waals surface area contributed by atoms with E-state index in [-0.39, 0.29) is 0 Å². The molecule has 1 heterocycles. The second-order valence-electron chi connectivity index (χ2n) is 5.30. The van der Waals surface area contributed by atoms with Gasteiger partial charge in [-0.05, 0) is 43.0 Å². The predicted molar refractivity (Wildman–Crippen MR) is 74.9 cm³/mol. The summed E-state index contributed by atoms with van der Waals surface area (Å²) in [6, 6.07) is 5.88. The third kappa shape index (κ3) is 4.13. The van der Waals surface area contributed by atoms with Crippen LogP contribution >= 0.6 is 0 Å². The van der Waals surface area contributed by atoms with Gasteiger partial charge in [0.15, 0.2) is 0 Å². The van der Waals surface area contributed by atoms with Crippen LogP contribution in [0.2, 0.25) is 0 Å². The van der Waals surface area contributed by atoms with Crippen LogP contribution in [0.15, 0.2) is 18.2 Å². The molecule has 1 aromatic rings. The Bertz CT molecular complexity index is 443. The minimum absolute atomic E-state index is 0.373. The summed E-state index contributed by atoms with van der Waals surface area (Å²) in [6.07, 6.45) is -1.42. The van der Waals surface area contributed by atoms with Crippen LogP contribution in [0, 0.1) is 0 Å². The number of halogens is 3. The van der Waals surface area contributed by atoms with Crippen molar-refractivity contribution in [3.63, 3.8) is 0 Å². The molecule has 2 nitrogen and oxygen atoms in total. The quantitative estimate of drug-likeness (QED) is 0.885. The number of rotatable bonds is 5. The lowest BCUT2D eigenvalue weighted by atomic mass is 9.97. The molecule has 112 valence electrons. The van der Waals surface area contributed by atoms with Gasteiger partial charge in [-0.15, -0.1) is 0 Å². The first-order valence-corrected chi connectivity index (χ1v) is 7.13.